The monoisotopic (exact) mass is 796 g/mol. The van der Waals surface area contributed by atoms with Crippen LogP contribution in [-0.4, -0.2) is 61.4 Å². The number of halogens is 2. The molecule has 12 nitrogen and oxygen atoms in total. The number of unbranched alkanes of at least 4 members (excludes halogenated alkanes) is 14. The molecule has 0 saturated heterocycles. The van der Waals surface area contributed by atoms with Crippen LogP contribution < -0.4 is 10.6 Å². The highest BCUT2D eigenvalue weighted by molar-refractivity contribution is 6.32. The van der Waals surface area contributed by atoms with Crippen LogP contribution in [0, 0.1) is 0 Å². The zero-order valence-electron chi connectivity index (χ0n) is 31.9. The molecule has 2 heterocycles. The van der Waals surface area contributed by atoms with Gasteiger partial charge in [0.25, 0.3) is 17.7 Å². The minimum atomic E-state index is -1.16. The largest absolute Gasteiger partial charge is 0.481 e. The summed E-state index contributed by atoms with van der Waals surface area (Å²) in [6.45, 7) is 2.25. The molecule has 1 aliphatic carbocycles. The summed E-state index contributed by atoms with van der Waals surface area (Å²) in [6.07, 6.45) is 27.0. The number of allylic oxidation sites excluding steroid dienone is 2. The summed E-state index contributed by atoms with van der Waals surface area (Å²) in [4.78, 5) is 56.1. The van der Waals surface area contributed by atoms with E-state index >= 15 is 0 Å². The van der Waals surface area contributed by atoms with E-state index in [0.717, 1.165) is 24.3 Å². The van der Waals surface area contributed by atoms with E-state index in [4.69, 9.17) is 27.9 Å². The van der Waals surface area contributed by atoms with E-state index in [2.05, 4.69) is 27.6 Å². The number of ether oxygens (including phenoxy) is 1. The molecular formula is C41H54Cl2N6O6. The second-order valence-electron chi connectivity index (χ2n) is 14.0. The molecule has 298 valence electrons. The first kappa shape index (κ1) is 43.5. The van der Waals surface area contributed by atoms with Crippen molar-refractivity contribution in [3.05, 3.63) is 83.1 Å². The summed E-state index contributed by atoms with van der Waals surface area (Å²) in [5.41, 5.74) is 0.910. The molecule has 0 spiro atoms. The lowest BCUT2D eigenvalue weighted by Gasteiger charge is -2.27. The zero-order valence-corrected chi connectivity index (χ0v) is 33.4. The molecule has 3 amide bonds. The van der Waals surface area contributed by atoms with Crippen LogP contribution in [0.2, 0.25) is 0 Å². The molecule has 2 atom stereocenters. The van der Waals surface area contributed by atoms with Crippen molar-refractivity contribution in [2.24, 2.45) is 5.10 Å². The van der Waals surface area contributed by atoms with E-state index in [9.17, 15) is 24.3 Å². The number of rotatable bonds is 23. The zero-order chi connectivity index (χ0) is 39.6. The Morgan fingerprint density at radius 2 is 1.65 bits per heavy atom. The number of methoxy groups -OCH3 is 1. The number of hydrogen-bond donors (Lipinski definition) is 3. The Balaban J connectivity index is 1.31. The fraction of sp³-hybridized carbons (Fsp3) is 0.512. The van der Waals surface area contributed by atoms with Gasteiger partial charge < -0.3 is 25.0 Å². The summed E-state index contributed by atoms with van der Waals surface area (Å²) in [7, 11) is 1.45. The average molecular weight is 798 g/mol. The minimum absolute atomic E-state index is 0.0254. The number of carboxylic acids is 1. The van der Waals surface area contributed by atoms with Gasteiger partial charge in [0.15, 0.2) is 16.9 Å². The first-order valence-electron chi connectivity index (χ1n) is 19.4. The lowest BCUT2D eigenvalue weighted by atomic mass is 10.0. The molecule has 3 N–H and O–H groups in total. The third-order valence-corrected chi connectivity index (χ3v) is 10.4. The molecule has 0 saturated carbocycles. The van der Waals surface area contributed by atoms with Crippen LogP contribution in [0.15, 0.2) is 82.6 Å². The standard InChI is InChI=1S/C41H54Cl2N6O6/c1-3-4-5-6-7-8-9-10-11-12-13-14-15-16-17-19-31(27-35(50)51)38(52)45-32-21-18-20-30(26-32)39(53)46-37-36(48-25-24-44-29-48)40(54)49(47-37)34-22-23-41(43,55-2)28-33(34)42/h18-26,29,36H,3-17,27-28H2,1-2H3,(H,45,52)(H,50,51)(H,46,47,53). The topological polar surface area (TPSA) is 155 Å². The van der Waals surface area contributed by atoms with E-state index in [0.29, 0.717) is 12.1 Å². The molecule has 2 unspecified atom stereocenters. The van der Waals surface area contributed by atoms with Gasteiger partial charge in [-0.25, -0.2) is 4.98 Å². The summed E-state index contributed by atoms with van der Waals surface area (Å²) in [5.74, 6) is -2.71. The maximum atomic E-state index is 13.7. The van der Waals surface area contributed by atoms with Crippen LogP contribution in [-0.2, 0) is 19.1 Å². The van der Waals surface area contributed by atoms with E-state index in [1.54, 1.807) is 42.6 Å². The van der Waals surface area contributed by atoms with Gasteiger partial charge in [0.1, 0.15) is 0 Å². The number of hydrazone groups is 1. The number of carbonyl (C=O) groups is 4. The first-order valence-corrected chi connectivity index (χ1v) is 20.2. The Morgan fingerprint density at radius 1 is 1.00 bits per heavy atom. The Labute approximate surface area is 334 Å². The van der Waals surface area contributed by atoms with Gasteiger partial charge in [0.2, 0.25) is 0 Å². The Morgan fingerprint density at radius 3 is 2.24 bits per heavy atom. The Bertz CT molecular complexity index is 1740. The van der Waals surface area contributed by atoms with Gasteiger partial charge in [0, 0.05) is 47.8 Å². The number of anilines is 1. The van der Waals surface area contributed by atoms with Crippen molar-refractivity contribution in [2.45, 2.75) is 127 Å². The van der Waals surface area contributed by atoms with Crippen LogP contribution in [0.1, 0.15) is 132 Å². The van der Waals surface area contributed by atoms with Crippen LogP contribution >= 0.6 is 23.2 Å². The molecular weight excluding hydrogens is 743 g/mol. The molecule has 1 aliphatic heterocycles. The summed E-state index contributed by atoms with van der Waals surface area (Å²) in [6, 6.07) is 5.16. The fourth-order valence-electron chi connectivity index (χ4n) is 6.54. The predicted octanol–water partition coefficient (Wildman–Crippen LogP) is 9.21. The Kier molecular flexibility index (Phi) is 17.6. The molecule has 1 aromatic carbocycles. The molecule has 1 aromatic heterocycles. The van der Waals surface area contributed by atoms with Crippen LogP contribution in [0.25, 0.3) is 0 Å². The number of aromatic nitrogens is 2. The molecule has 55 heavy (non-hydrogen) atoms. The van der Waals surface area contributed by atoms with Gasteiger partial charge in [-0.1, -0.05) is 126 Å². The maximum Gasteiger partial charge on any atom is 0.308 e. The van der Waals surface area contributed by atoms with Gasteiger partial charge in [0.05, 0.1) is 18.4 Å². The lowest BCUT2D eigenvalue weighted by Crippen LogP contribution is -2.38. The van der Waals surface area contributed by atoms with Gasteiger partial charge in [-0.05, 0) is 43.2 Å². The number of amidine groups is 1. The van der Waals surface area contributed by atoms with E-state index in [-0.39, 0.29) is 34.1 Å². The Hall–Kier alpha value is -4.26. The van der Waals surface area contributed by atoms with Crippen LogP contribution in [0.4, 0.5) is 5.69 Å². The number of benzene rings is 1. The number of nitrogens with zero attached hydrogens (tertiary/aromatic N) is 4. The quantitative estimate of drug-likeness (QED) is 0.0575. The summed E-state index contributed by atoms with van der Waals surface area (Å²) in [5, 5.41) is 19.6. The van der Waals surface area contributed by atoms with E-state index < -0.39 is 41.2 Å². The number of nitrogens with one attached hydrogen (secondary N) is 2. The second-order valence-corrected chi connectivity index (χ2v) is 15.1. The van der Waals surface area contributed by atoms with E-state index in [1.165, 1.54) is 101 Å². The minimum Gasteiger partial charge on any atom is -0.481 e. The lowest BCUT2D eigenvalue weighted by molar-refractivity contribution is -0.137. The van der Waals surface area contributed by atoms with Crippen molar-refractivity contribution in [3.63, 3.8) is 0 Å². The number of amides is 3. The third kappa shape index (κ3) is 13.5. The molecule has 14 heteroatoms. The second kappa shape index (κ2) is 22.3. The van der Waals surface area contributed by atoms with Gasteiger partial charge in [-0.15, -0.1) is 5.10 Å². The number of imidazole rings is 1. The number of alkyl halides is 1. The van der Waals surface area contributed by atoms with Gasteiger partial charge >= 0.3 is 5.97 Å². The number of hydrogen-bond acceptors (Lipinski definition) is 7. The third-order valence-electron chi connectivity index (χ3n) is 9.67. The smallest absolute Gasteiger partial charge is 0.308 e. The van der Waals surface area contributed by atoms with Crippen molar-refractivity contribution in [1.29, 1.82) is 0 Å². The van der Waals surface area contributed by atoms with Crippen molar-refractivity contribution in [2.75, 3.05) is 12.4 Å². The number of carbonyl (C=O) groups excluding carboxylic acids is 3. The van der Waals surface area contributed by atoms with Crippen molar-refractivity contribution >= 4 is 58.4 Å². The summed E-state index contributed by atoms with van der Waals surface area (Å²) >= 11 is 12.9. The number of aliphatic carboxylic acids is 1. The highest BCUT2D eigenvalue weighted by Crippen LogP contribution is 2.38. The predicted molar refractivity (Wildman–Crippen MR) is 216 cm³/mol. The van der Waals surface area contributed by atoms with Crippen LogP contribution in [0.3, 0.4) is 0 Å². The molecule has 0 bridgehead atoms. The first-order chi connectivity index (χ1) is 26.5. The van der Waals surface area contributed by atoms with Crippen molar-refractivity contribution in [3.8, 4) is 0 Å². The van der Waals surface area contributed by atoms with Gasteiger partial charge in [-0.2, -0.15) is 5.01 Å². The normalized spacial score (nSPS) is 18.5. The molecule has 4 rings (SSSR count). The molecule has 2 aliphatic rings. The molecule has 0 radical (unpaired) electrons. The highest BCUT2D eigenvalue weighted by atomic mass is 35.5. The van der Waals surface area contributed by atoms with Gasteiger partial charge in [-0.3, -0.25) is 19.2 Å². The average Bonchev–Trinajstić information content (AvgIpc) is 3.80. The van der Waals surface area contributed by atoms with Crippen LogP contribution in [0.5, 0.6) is 0 Å². The van der Waals surface area contributed by atoms with E-state index in [1.807, 2.05) is 0 Å². The maximum absolute atomic E-state index is 13.7. The van der Waals surface area contributed by atoms with Crippen molar-refractivity contribution in [1.82, 2.24) is 19.9 Å². The fourth-order valence-corrected chi connectivity index (χ4v) is 7.15. The number of carboxylic acid groups (broad SMARTS) is 1. The highest BCUT2D eigenvalue weighted by Gasteiger charge is 2.42. The molecule has 2 aromatic rings. The SMILES string of the molecule is CCCCCCCCCCCCCCCCC=C(CC(=O)O)C(=O)Nc1cccc(C(=O)NC2=NN(C3=C(Cl)CC(Cl)(OC)C=C3)C(=O)C2n2ccnc2)c1. The molecule has 0 fully saturated rings. The summed E-state index contributed by atoms with van der Waals surface area (Å²) < 4.78 is 6.81. The van der Waals surface area contributed by atoms with Crippen molar-refractivity contribution < 1.29 is 29.0 Å².